The van der Waals surface area contributed by atoms with E-state index in [2.05, 4.69) is 83.9 Å². The van der Waals surface area contributed by atoms with Gasteiger partial charge in [0.25, 0.3) is 0 Å². The molecule has 1 aromatic heterocycles. The van der Waals surface area contributed by atoms with E-state index in [9.17, 15) is 4.39 Å². The second kappa shape index (κ2) is 9.85. The maximum absolute atomic E-state index is 14.8. The summed E-state index contributed by atoms with van der Waals surface area (Å²) in [6, 6.07) is 9.94. The summed E-state index contributed by atoms with van der Waals surface area (Å²) in [5.74, 6) is 1.80. The van der Waals surface area contributed by atoms with Gasteiger partial charge in [-0.1, -0.05) is 39.8 Å². The standard InChI is InChI=1S/C29H37FN2/c1-17(2)13-23-9-10-24(14-26(23)30)28-19(5)21(7)29(22(8)20(28)6)25-11-12-27(32-16-25)31-15-18(3)4/h9-12,14,16-18H,13,15H2,1-8H3,(H,31,32). The van der Waals surface area contributed by atoms with E-state index in [4.69, 9.17) is 0 Å². The molecule has 0 saturated heterocycles. The minimum absolute atomic E-state index is 0.108. The lowest BCUT2D eigenvalue weighted by molar-refractivity contribution is 0.574. The lowest BCUT2D eigenvalue weighted by Gasteiger charge is -2.21. The molecule has 170 valence electrons. The van der Waals surface area contributed by atoms with Gasteiger partial charge in [0.15, 0.2) is 0 Å². The van der Waals surface area contributed by atoms with E-state index in [-0.39, 0.29) is 5.82 Å². The van der Waals surface area contributed by atoms with Crippen molar-refractivity contribution in [2.75, 3.05) is 11.9 Å². The molecule has 0 bridgehead atoms. The van der Waals surface area contributed by atoms with Gasteiger partial charge in [0.05, 0.1) is 0 Å². The number of hydrogen-bond donors (Lipinski definition) is 1. The molecule has 3 rings (SSSR count). The van der Waals surface area contributed by atoms with Crippen molar-refractivity contribution in [1.29, 1.82) is 0 Å². The van der Waals surface area contributed by atoms with Crippen LogP contribution in [0, 0.1) is 45.3 Å². The molecule has 2 nitrogen and oxygen atoms in total. The van der Waals surface area contributed by atoms with Crippen molar-refractivity contribution < 1.29 is 4.39 Å². The number of nitrogens with zero attached hydrogens (tertiary/aromatic N) is 1. The van der Waals surface area contributed by atoms with Crippen LogP contribution in [0.4, 0.5) is 10.2 Å². The maximum atomic E-state index is 14.8. The molecule has 0 atom stereocenters. The van der Waals surface area contributed by atoms with E-state index in [1.807, 2.05) is 12.3 Å². The number of aromatic nitrogens is 1. The van der Waals surface area contributed by atoms with Crippen LogP contribution in [0.5, 0.6) is 0 Å². The predicted octanol–water partition coefficient (Wildman–Crippen LogP) is 8.05. The largest absolute Gasteiger partial charge is 0.370 e. The van der Waals surface area contributed by atoms with Gasteiger partial charge in [-0.05, 0) is 109 Å². The van der Waals surface area contributed by atoms with Gasteiger partial charge in [-0.25, -0.2) is 9.37 Å². The molecule has 0 aliphatic rings. The zero-order chi connectivity index (χ0) is 23.6. The van der Waals surface area contributed by atoms with Crippen LogP contribution in [-0.2, 0) is 6.42 Å². The van der Waals surface area contributed by atoms with Crippen LogP contribution in [0.2, 0.25) is 0 Å². The van der Waals surface area contributed by atoms with Gasteiger partial charge in [-0.3, -0.25) is 0 Å². The van der Waals surface area contributed by atoms with Crippen molar-refractivity contribution in [1.82, 2.24) is 4.98 Å². The Labute approximate surface area is 193 Å². The molecule has 0 radical (unpaired) electrons. The molecule has 1 N–H and O–H groups in total. The van der Waals surface area contributed by atoms with E-state index >= 15 is 0 Å². The molecular weight excluding hydrogens is 395 g/mol. The fourth-order valence-corrected chi connectivity index (χ4v) is 4.44. The van der Waals surface area contributed by atoms with E-state index < -0.39 is 0 Å². The van der Waals surface area contributed by atoms with Crippen molar-refractivity contribution in [3.05, 3.63) is 70.2 Å². The number of hydrogen-bond acceptors (Lipinski definition) is 2. The summed E-state index contributed by atoms with van der Waals surface area (Å²) < 4.78 is 14.8. The number of halogens is 1. The summed E-state index contributed by atoms with van der Waals surface area (Å²) in [6.45, 7) is 18.1. The quantitative estimate of drug-likeness (QED) is 0.408. The molecular formula is C29H37FN2. The fraction of sp³-hybridized carbons (Fsp3) is 0.414. The minimum Gasteiger partial charge on any atom is -0.370 e. The van der Waals surface area contributed by atoms with Crippen molar-refractivity contribution in [3.8, 4) is 22.3 Å². The Morgan fingerprint density at radius 2 is 1.34 bits per heavy atom. The van der Waals surface area contributed by atoms with Crippen LogP contribution in [0.1, 0.15) is 55.5 Å². The first-order valence-electron chi connectivity index (χ1n) is 11.7. The highest BCUT2D eigenvalue weighted by atomic mass is 19.1. The van der Waals surface area contributed by atoms with Gasteiger partial charge in [0.2, 0.25) is 0 Å². The van der Waals surface area contributed by atoms with Crippen LogP contribution in [-0.4, -0.2) is 11.5 Å². The predicted molar refractivity (Wildman–Crippen MR) is 136 cm³/mol. The van der Waals surface area contributed by atoms with E-state index in [1.54, 1.807) is 6.07 Å². The molecule has 0 saturated carbocycles. The first kappa shape index (κ1) is 24.0. The average Bonchev–Trinajstić information content (AvgIpc) is 2.73. The topological polar surface area (TPSA) is 24.9 Å². The van der Waals surface area contributed by atoms with Crippen molar-refractivity contribution in [2.45, 2.75) is 61.8 Å². The molecule has 0 unspecified atom stereocenters. The highest BCUT2D eigenvalue weighted by molar-refractivity contribution is 5.82. The van der Waals surface area contributed by atoms with E-state index in [0.717, 1.165) is 41.0 Å². The van der Waals surface area contributed by atoms with Gasteiger partial charge in [-0.15, -0.1) is 0 Å². The summed E-state index contributed by atoms with van der Waals surface area (Å²) in [6.07, 6.45) is 2.72. The fourth-order valence-electron chi connectivity index (χ4n) is 4.44. The first-order valence-corrected chi connectivity index (χ1v) is 11.7. The third-order valence-electron chi connectivity index (χ3n) is 6.34. The monoisotopic (exact) mass is 432 g/mol. The highest BCUT2D eigenvalue weighted by Crippen LogP contribution is 2.39. The Hall–Kier alpha value is -2.68. The minimum atomic E-state index is -0.108. The van der Waals surface area contributed by atoms with Crippen LogP contribution in [0.3, 0.4) is 0 Å². The molecule has 2 aromatic carbocycles. The normalized spacial score (nSPS) is 11.5. The number of benzene rings is 2. The molecule has 1 heterocycles. The first-order chi connectivity index (χ1) is 15.1. The van der Waals surface area contributed by atoms with Crippen LogP contribution in [0.15, 0.2) is 36.5 Å². The van der Waals surface area contributed by atoms with Gasteiger partial charge >= 0.3 is 0 Å². The Morgan fingerprint density at radius 1 is 0.781 bits per heavy atom. The smallest absolute Gasteiger partial charge is 0.127 e. The maximum Gasteiger partial charge on any atom is 0.127 e. The van der Waals surface area contributed by atoms with Gasteiger partial charge in [0, 0.05) is 18.3 Å². The molecule has 32 heavy (non-hydrogen) atoms. The number of anilines is 1. The van der Waals surface area contributed by atoms with E-state index in [0.29, 0.717) is 11.8 Å². The Bertz CT molecular complexity index is 1070. The summed E-state index contributed by atoms with van der Waals surface area (Å²) in [5, 5.41) is 3.38. The lowest BCUT2D eigenvalue weighted by Crippen LogP contribution is -2.09. The second-order valence-electron chi connectivity index (χ2n) is 9.86. The Morgan fingerprint density at radius 3 is 1.81 bits per heavy atom. The third kappa shape index (κ3) is 5.03. The molecule has 3 aromatic rings. The summed E-state index contributed by atoms with van der Waals surface area (Å²) in [5.41, 5.74) is 10.1. The average molecular weight is 433 g/mol. The molecule has 0 spiro atoms. The number of nitrogens with one attached hydrogen (secondary N) is 1. The summed E-state index contributed by atoms with van der Waals surface area (Å²) in [4.78, 5) is 4.63. The van der Waals surface area contributed by atoms with Crippen LogP contribution < -0.4 is 5.32 Å². The zero-order valence-corrected chi connectivity index (χ0v) is 20.9. The zero-order valence-electron chi connectivity index (χ0n) is 20.9. The highest BCUT2D eigenvalue weighted by Gasteiger charge is 2.18. The van der Waals surface area contributed by atoms with Crippen LogP contribution >= 0.6 is 0 Å². The van der Waals surface area contributed by atoms with Crippen molar-refractivity contribution in [2.24, 2.45) is 11.8 Å². The summed E-state index contributed by atoms with van der Waals surface area (Å²) >= 11 is 0. The van der Waals surface area contributed by atoms with Gasteiger partial charge in [-0.2, -0.15) is 0 Å². The second-order valence-corrected chi connectivity index (χ2v) is 9.86. The Kier molecular flexibility index (Phi) is 7.38. The van der Waals surface area contributed by atoms with Gasteiger partial charge < -0.3 is 5.32 Å². The molecule has 0 aliphatic heterocycles. The van der Waals surface area contributed by atoms with Crippen molar-refractivity contribution >= 4 is 5.82 Å². The Balaban J connectivity index is 2.03. The number of rotatable bonds is 7. The third-order valence-corrected chi connectivity index (χ3v) is 6.34. The van der Waals surface area contributed by atoms with Crippen LogP contribution in [0.25, 0.3) is 22.3 Å². The molecule has 0 amide bonds. The SMILES string of the molecule is Cc1c(C)c(-c2ccc(CC(C)C)c(F)c2)c(C)c(C)c1-c1ccc(NCC(C)C)nc1. The molecule has 0 fully saturated rings. The van der Waals surface area contributed by atoms with E-state index in [1.165, 1.54) is 27.8 Å². The summed E-state index contributed by atoms with van der Waals surface area (Å²) in [7, 11) is 0. The van der Waals surface area contributed by atoms with Gasteiger partial charge in [0.1, 0.15) is 11.6 Å². The number of pyridine rings is 1. The lowest BCUT2D eigenvalue weighted by atomic mass is 9.83. The molecule has 3 heteroatoms. The molecule has 0 aliphatic carbocycles. The van der Waals surface area contributed by atoms with Crippen molar-refractivity contribution in [3.63, 3.8) is 0 Å².